The third-order valence-electron chi connectivity index (χ3n) is 1.52. The Morgan fingerprint density at radius 1 is 1.33 bits per heavy atom. The van der Waals surface area contributed by atoms with Crippen molar-refractivity contribution in [3.05, 3.63) is 40.3 Å². The molecule has 3 nitrogen and oxygen atoms in total. The molecule has 1 amide bonds. The van der Waals surface area contributed by atoms with Crippen LogP contribution in [0.2, 0.25) is 0 Å². The van der Waals surface area contributed by atoms with Gasteiger partial charge in [-0.15, -0.1) is 4.91 Å². The lowest BCUT2D eigenvalue weighted by atomic mass is 9.96. The number of nitrogens with zero attached hydrogens (tertiary/aromatic N) is 1. The second-order valence-corrected chi connectivity index (χ2v) is 2.30. The Morgan fingerprint density at radius 2 is 1.92 bits per heavy atom. The Balaban J connectivity index is 2.91. The molecule has 0 aromatic heterocycles. The molecule has 0 saturated heterocycles. The number of amides is 1. The number of carbonyl (C=O) groups is 1. The van der Waals surface area contributed by atoms with Gasteiger partial charge in [0.2, 0.25) is 0 Å². The molecule has 0 N–H and O–H groups in total. The van der Waals surface area contributed by atoms with E-state index in [0.29, 0.717) is 11.9 Å². The van der Waals surface area contributed by atoms with Gasteiger partial charge in [0, 0.05) is 10.7 Å². The van der Waals surface area contributed by atoms with Crippen molar-refractivity contribution >= 4 is 13.8 Å². The number of rotatable bonds is 2. The fraction of sp³-hybridized carbons (Fsp3) is 0.125. The van der Waals surface area contributed by atoms with Crippen LogP contribution in [-0.2, 0) is 6.32 Å². The standard InChI is InChI=1S/C8H6BNO2/c9-5-6-1-3-7(4-2-6)8(11)10-12/h1-4H,5H2. The molecule has 0 spiro atoms. The van der Waals surface area contributed by atoms with Crippen molar-refractivity contribution in [2.75, 3.05) is 0 Å². The lowest BCUT2D eigenvalue weighted by molar-refractivity contribution is 0.100. The fourth-order valence-corrected chi connectivity index (χ4v) is 0.836. The predicted octanol–water partition coefficient (Wildman–Crippen LogP) is 1.26. The monoisotopic (exact) mass is 159 g/mol. The molecule has 0 aliphatic rings. The number of nitroso groups, excluding NO2 is 1. The van der Waals surface area contributed by atoms with Crippen molar-refractivity contribution in [3.63, 3.8) is 0 Å². The molecule has 0 saturated carbocycles. The van der Waals surface area contributed by atoms with Gasteiger partial charge in [-0.05, 0) is 12.1 Å². The van der Waals surface area contributed by atoms with E-state index in [9.17, 15) is 9.70 Å². The molecule has 1 aromatic rings. The van der Waals surface area contributed by atoms with Gasteiger partial charge >= 0.3 is 5.91 Å². The minimum absolute atomic E-state index is 0.294. The molecule has 12 heavy (non-hydrogen) atoms. The lowest BCUT2D eigenvalue weighted by Gasteiger charge is -1.95. The first-order chi connectivity index (χ1) is 5.77. The quantitative estimate of drug-likeness (QED) is 0.481. The molecule has 1 rings (SSSR count). The van der Waals surface area contributed by atoms with Gasteiger partial charge in [0.25, 0.3) is 0 Å². The molecule has 2 radical (unpaired) electrons. The molecular formula is C8H6BNO2. The summed E-state index contributed by atoms with van der Waals surface area (Å²) in [6.07, 6.45) is 0.420. The van der Waals surface area contributed by atoms with E-state index < -0.39 is 5.91 Å². The van der Waals surface area contributed by atoms with Gasteiger partial charge in [0.15, 0.2) is 0 Å². The van der Waals surface area contributed by atoms with E-state index in [4.69, 9.17) is 7.85 Å². The minimum atomic E-state index is -0.751. The summed E-state index contributed by atoms with van der Waals surface area (Å²) in [6, 6.07) is 6.45. The Morgan fingerprint density at radius 3 is 2.33 bits per heavy atom. The summed E-state index contributed by atoms with van der Waals surface area (Å²) in [5.74, 6) is -0.751. The van der Waals surface area contributed by atoms with Crippen molar-refractivity contribution in [1.82, 2.24) is 0 Å². The zero-order valence-corrected chi connectivity index (χ0v) is 6.36. The first kappa shape index (κ1) is 8.65. The molecule has 0 bridgehead atoms. The van der Waals surface area contributed by atoms with E-state index in [-0.39, 0.29) is 0 Å². The summed E-state index contributed by atoms with van der Waals surface area (Å²) in [4.78, 5) is 20.5. The molecule has 0 heterocycles. The zero-order valence-electron chi connectivity index (χ0n) is 6.36. The van der Waals surface area contributed by atoms with E-state index in [1.807, 2.05) is 0 Å². The highest BCUT2D eigenvalue weighted by molar-refractivity contribution is 6.08. The molecule has 0 fully saturated rings. The summed E-state index contributed by atoms with van der Waals surface area (Å²) < 4.78 is 0. The number of benzene rings is 1. The van der Waals surface area contributed by atoms with Crippen molar-refractivity contribution in [3.8, 4) is 0 Å². The number of hydrogen-bond acceptors (Lipinski definition) is 2. The van der Waals surface area contributed by atoms with Crippen molar-refractivity contribution in [1.29, 1.82) is 0 Å². The van der Waals surface area contributed by atoms with Gasteiger partial charge < -0.3 is 0 Å². The lowest BCUT2D eigenvalue weighted by Crippen LogP contribution is -1.93. The SMILES string of the molecule is [B]Cc1ccc(C(=O)N=O)cc1. The van der Waals surface area contributed by atoms with Crippen LogP contribution in [0.4, 0.5) is 0 Å². The van der Waals surface area contributed by atoms with Crippen LogP contribution in [-0.4, -0.2) is 13.8 Å². The highest BCUT2D eigenvalue weighted by atomic mass is 16.3. The zero-order chi connectivity index (χ0) is 8.97. The average Bonchev–Trinajstić information content (AvgIpc) is 2.17. The molecule has 0 atom stereocenters. The Hall–Kier alpha value is -1.45. The van der Waals surface area contributed by atoms with Crippen LogP contribution in [0, 0.1) is 4.91 Å². The third kappa shape index (κ3) is 1.78. The highest BCUT2D eigenvalue weighted by Crippen LogP contribution is 2.05. The Kier molecular flexibility index (Phi) is 2.74. The van der Waals surface area contributed by atoms with E-state index in [2.05, 4.69) is 5.18 Å². The predicted molar refractivity (Wildman–Crippen MR) is 46.0 cm³/mol. The van der Waals surface area contributed by atoms with Gasteiger partial charge in [-0.3, -0.25) is 4.79 Å². The van der Waals surface area contributed by atoms with Crippen LogP contribution < -0.4 is 0 Å². The summed E-state index contributed by atoms with van der Waals surface area (Å²) in [5, 5.41) is 2.29. The second kappa shape index (κ2) is 3.81. The first-order valence-electron chi connectivity index (χ1n) is 3.44. The van der Waals surface area contributed by atoms with Gasteiger partial charge in [0.1, 0.15) is 0 Å². The average molecular weight is 159 g/mol. The third-order valence-corrected chi connectivity index (χ3v) is 1.52. The van der Waals surface area contributed by atoms with Gasteiger partial charge in [0.05, 0.1) is 7.85 Å². The van der Waals surface area contributed by atoms with Gasteiger partial charge in [-0.2, -0.15) is 0 Å². The maximum absolute atomic E-state index is 10.7. The molecule has 1 aromatic carbocycles. The molecule has 4 heteroatoms. The van der Waals surface area contributed by atoms with Crippen molar-refractivity contribution < 1.29 is 4.79 Å². The van der Waals surface area contributed by atoms with E-state index in [1.165, 1.54) is 12.1 Å². The van der Waals surface area contributed by atoms with Crippen LogP contribution in [0.3, 0.4) is 0 Å². The van der Waals surface area contributed by atoms with Crippen LogP contribution in [0.25, 0.3) is 0 Å². The normalized spacial score (nSPS) is 9.33. The summed E-state index contributed by atoms with van der Waals surface area (Å²) in [7, 11) is 5.34. The Labute approximate surface area is 71.2 Å². The highest BCUT2D eigenvalue weighted by Gasteiger charge is 2.03. The van der Waals surface area contributed by atoms with E-state index in [1.54, 1.807) is 12.1 Å². The van der Waals surface area contributed by atoms with Crippen LogP contribution >= 0.6 is 0 Å². The molecule has 0 aliphatic carbocycles. The van der Waals surface area contributed by atoms with Gasteiger partial charge in [-0.25, -0.2) is 0 Å². The number of hydrogen-bond donors (Lipinski definition) is 0. The largest absolute Gasteiger partial charge is 0.316 e. The summed E-state index contributed by atoms with van der Waals surface area (Å²) in [5.41, 5.74) is 1.21. The Bertz CT molecular complexity index is 294. The van der Waals surface area contributed by atoms with E-state index in [0.717, 1.165) is 5.56 Å². The first-order valence-corrected chi connectivity index (χ1v) is 3.44. The fourth-order valence-electron chi connectivity index (χ4n) is 0.836. The maximum Gasteiger partial charge on any atom is 0.316 e. The minimum Gasteiger partial charge on any atom is -0.263 e. The van der Waals surface area contributed by atoms with E-state index >= 15 is 0 Å². The van der Waals surface area contributed by atoms with Crippen molar-refractivity contribution in [2.24, 2.45) is 5.18 Å². The van der Waals surface area contributed by atoms with Crippen LogP contribution in [0.15, 0.2) is 29.4 Å². The van der Waals surface area contributed by atoms with Gasteiger partial charge in [-0.1, -0.05) is 24.0 Å². The number of carbonyl (C=O) groups excluding carboxylic acids is 1. The smallest absolute Gasteiger partial charge is 0.263 e. The van der Waals surface area contributed by atoms with Crippen molar-refractivity contribution in [2.45, 2.75) is 6.32 Å². The topological polar surface area (TPSA) is 46.5 Å². The molecular weight excluding hydrogens is 153 g/mol. The molecule has 0 aliphatic heterocycles. The van der Waals surface area contributed by atoms with Crippen LogP contribution in [0.5, 0.6) is 0 Å². The molecule has 0 unspecified atom stereocenters. The summed E-state index contributed by atoms with van der Waals surface area (Å²) in [6.45, 7) is 0. The second-order valence-electron chi connectivity index (χ2n) is 2.30. The summed E-state index contributed by atoms with van der Waals surface area (Å²) >= 11 is 0. The van der Waals surface area contributed by atoms with Crippen LogP contribution in [0.1, 0.15) is 15.9 Å². The maximum atomic E-state index is 10.7. The molecule has 58 valence electrons.